The summed E-state index contributed by atoms with van der Waals surface area (Å²) in [5.41, 5.74) is 4.54. The van der Waals surface area contributed by atoms with Crippen LogP contribution < -0.4 is 14.9 Å². The number of benzene rings is 2. The van der Waals surface area contributed by atoms with Crippen LogP contribution in [0.2, 0.25) is 0 Å². The molecule has 0 spiro atoms. The molecule has 0 unspecified atom stereocenters. The topological polar surface area (TPSA) is 59.9 Å². The number of nitrogens with one attached hydrogen (secondary N) is 1. The van der Waals surface area contributed by atoms with E-state index in [2.05, 4.69) is 17.5 Å². The zero-order valence-electron chi connectivity index (χ0n) is 14.7. The molecule has 0 aliphatic heterocycles. The summed E-state index contributed by atoms with van der Waals surface area (Å²) < 4.78 is 11.0. The van der Waals surface area contributed by atoms with E-state index in [1.807, 2.05) is 43.3 Å². The number of carbonyl (C=O) groups excluding carboxylic acids is 1. The van der Waals surface area contributed by atoms with Crippen LogP contribution in [0.25, 0.3) is 0 Å². The molecular formula is C20H24N2O3. The van der Waals surface area contributed by atoms with Gasteiger partial charge in [-0.3, -0.25) is 4.79 Å². The van der Waals surface area contributed by atoms with Gasteiger partial charge in [-0.1, -0.05) is 43.2 Å². The van der Waals surface area contributed by atoms with E-state index in [-0.39, 0.29) is 12.5 Å². The van der Waals surface area contributed by atoms with Crippen LogP contribution in [0.5, 0.6) is 11.5 Å². The fraction of sp³-hybridized carbons (Fsp3) is 0.300. The third kappa shape index (κ3) is 7.08. The Balaban J connectivity index is 1.71. The third-order valence-corrected chi connectivity index (χ3v) is 3.44. The third-order valence-electron chi connectivity index (χ3n) is 3.44. The minimum absolute atomic E-state index is 0.0960. The summed E-state index contributed by atoms with van der Waals surface area (Å²) in [5.74, 6) is 1.10. The van der Waals surface area contributed by atoms with Crippen LogP contribution in [-0.2, 0) is 4.79 Å². The second-order valence-corrected chi connectivity index (χ2v) is 5.67. The number of hydrogen-bond donors (Lipinski definition) is 1. The monoisotopic (exact) mass is 340 g/mol. The molecule has 0 saturated heterocycles. The van der Waals surface area contributed by atoms with Crippen molar-refractivity contribution >= 4 is 12.1 Å². The zero-order chi connectivity index (χ0) is 17.9. The van der Waals surface area contributed by atoms with Gasteiger partial charge >= 0.3 is 0 Å². The fourth-order valence-electron chi connectivity index (χ4n) is 1.98. The number of hydrazone groups is 1. The molecule has 2 aromatic carbocycles. The SMILES string of the molecule is CCCCOc1ccc(OCC(=O)NN=Cc2ccc(C)cc2)cc1. The number of hydrogen-bond acceptors (Lipinski definition) is 4. The normalized spacial score (nSPS) is 10.6. The summed E-state index contributed by atoms with van der Waals surface area (Å²) in [6.07, 6.45) is 3.73. The van der Waals surface area contributed by atoms with Gasteiger partial charge in [0.05, 0.1) is 12.8 Å². The Morgan fingerprint density at radius 2 is 1.68 bits per heavy atom. The van der Waals surface area contributed by atoms with E-state index in [1.165, 1.54) is 5.56 Å². The maximum absolute atomic E-state index is 11.7. The Labute approximate surface area is 148 Å². The summed E-state index contributed by atoms with van der Waals surface area (Å²) in [6.45, 7) is 4.75. The van der Waals surface area contributed by atoms with E-state index in [4.69, 9.17) is 9.47 Å². The van der Waals surface area contributed by atoms with E-state index in [1.54, 1.807) is 18.3 Å². The Hall–Kier alpha value is -2.82. The Morgan fingerprint density at radius 3 is 2.32 bits per heavy atom. The van der Waals surface area contributed by atoms with E-state index >= 15 is 0 Å². The highest BCUT2D eigenvalue weighted by Gasteiger charge is 2.02. The molecule has 2 rings (SSSR count). The first-order valence-corrected chi connectivity index (χ1v) is 8.41. The first kappa shape index (κ1) is 18.5. The molecule has 0 heterocycles. The van der Waals surface area contributed by atoms with E-state index in [9.17, 15) is 4.79 Å². The lowest BCUT2D eigenvalue weighted by Gasteiger charge is -2.07. The highest BCUT2D eigenvalue weighted by Crippen LogP contribution is 2.17. The molecule has 0 aliphatic rings. The molecule has 1 amide bonds. The molecule has 0 aromatic heterocycles. The lowest BCUT2D eigenvalue weighted by molar-refractivity contribution is -0.123. The largest absolute Gasteiger partial charge is 0.494 e. The number of amides is 1. The number of unbranched alkanes of at least 4 members (excludes halogenated alkanes) is 1. The van der Waals surface area contributed by atoms with Crippen LogP contribution in [-0.4, -0.2) is 25.3 Å². The second kappa shape index (κ2) is 10.1. The molecule has 0 radical (unpaired) electrons. The van der Waals surface area contributed by atoms with Crippen molar-refractivity contribution < 1.29 is 14.3 Å². The van der Waals surface area contributed by atoms with Gasteiger partial charge in [0.2, 0.25) is 0 Å². The summed E-state index contributed by atoms with van der Waals surface area (Å²) in [6, 6.07) is 15.1. The molecule has 0 aliphatic carbocycles. The Bertz CT molecular complexity index is 679. The van der Waals surface area contributed by atoms with E-state index in [0.717, 1.165) is 24.2 Å². The minimum Gasteiger partial charge on any atom is -0.494 e. The van der Waals surface area contributed by atoms with Crippen molar-refractivity contribution in [2.75, 3.05) is 13.2 Å². The van der Waals surface area contributed by atoms with Crippen LogP contribution in [0.4, 0.5) is 0 Å². The minimum atomic E-state index is -0.313. The number of nitrogens with zero attached hydrogens (tertiary/aromatic N) is 1. The molecule has 0 atom stereocenters. The van der Waals surface area contributed by atoms with Crippen molar-refractivity contribution in [2.24, 2.45) is 5.10 Å². The molecule has 132 valence electrons. The van der Waals surface area contributed by atoms with Crippen molar-refractivity contribution in [1.29, 1.82) is 0 Å². The van der Waals surface area contributed by atoms with Gasteiger partial charge in [0.25, 0.3) is 5.91 Å². The van der Waals surface area contributed by atoms with Crippen LogP contribution in [0.15, 0.2) is 53.6 Å². The Morgan fingerprint density at radius 1 is 1.04 bits per heavy atom. The zero-order valence-corrected chi connectivity index (χ0v) is 14.7. The first-order valence-electron chi connectivity index (χ1n) is 8.41. The molecule has 0 fully saturated rings. The Kier molecular flexibility index (Phi) is 7.50. The van der Waals surface area contributed by atoms with Gasteiger partial charge in [-0.15, -0.1) is 0 Å². The van der Waals surface area contributed by atoms with Crippen molar-refractivity contribution in [3.05, 3.63) is 59.7 Å². The molecule has 5 nitrogen and oxygen atoms in total. The molecule has 5 heteroatoms. The number of carbonyl (C=O) groups is 1. The van der Waals surface area contributed by atoms with Crippen molar-refractivity contribution in [2.45, 2.75) is 26.7 Å². The van der Waals surface area contributed by atoms with Crippen LogP contribution in [0.3, 0.4) is 0 Å². The lowest BCUT2D eigenvalue weighted by atomic mass is 10.2. The number of rotatable bonds is 9. The summed E-state index contributed by atoms with van der Waals surface area (Å²) >= 11 is 0. The van der Waals surface area contributed by atoms with Gasteiger partial charge < -0.3 is 9.47 Å². The lowest BCUT2D eigenvalue weighted by Crippen LogP contribution is -2.24. The van der Waals surface area contributed by atoms with E-state index < -0.39 is 0 Å². The smallest absolute Gasteiger partial charge is 0.277 e. The molecular weight excluding hydrogens is 316 g/mol. The maximum Gasteiger partial charge on any atom is 0.277 e. The van der Waals surface area contributed by atoms with Gasteiger partial charge in [-0.2, -0.15) is 5.10 Å². The number of ether oxygens (including phenoxy) is 2. The quantitative estimate of drug-likeness (QED) is 0.430. The van der Waals surface area contributed by atoms with Gasteiger partial charge in [0.15, 0.2) is 6.61 Å². The van der Waals surface area contributed by atoms with Gasteiger partial charge in [0, 0.05) is 0 Å². The maximum atomic E-state index is 11.7. The summed E-state index contributed by atoms with van der Waals surface area (Å²) in [4.78, 5) is 11.7. The molecule has 1 N–H and O–H groups in total. The van der Waals surface area contributed by atoms with Gasteiger partial charge in [-0.05, 0) is 43.2 Å². The van der Waals surface area contributed by atoms with Crippen LogP contribution in [0.1, 0.15) is 30.9 Å². The highest BCUT2D eigenvalue weighted by atomic mass is 16.5. The van der Waals surface area contributed by atoms with Gasteiger partial charge in [0.1, 0.15) is 11.5 Å². The van der Waals surface area contributed by atoms with Gasteiger partial charge in [-0.25, -0.2) is 5.43 Å². The predicted molar refractivity (Wildman–Crippen MR) is 99.3 cm³/mol. The number of aryl methyl sites for hydroxylation is 1. The molecule has 25 heavy (non-hydrogen) atoms. The highest BCUT2D eigenvalue weighted by molar-refractivity contribution is 5.82. The van der Waals surface area contributed by atoms with Crippen LogP contribution >= 0.6 is 0 Å². The van der Waals surface area contributed by atoms with Crippen molar-refractivity contribution in [1.82, 2.24) is 5.43 Å². The first-order chi connectivity index (χ1) is 12.2. The summed E-state index contributed by atoms with van der Waals surface area (Å²) in [5, 5.41) is 3.91. The predicted octanol–water partition coefficient (Wildman–Crippen LogP) is 3.70. The standard InChI is InChI=1S/C20H24N2O3/c1-3-4-13-24-18-9-11-19(12-10-18)25-15-20(23)22-21-14-17-7-5-16(2)6-8-17/h5-12,14H,3-4,13,15H2,1-2H3,(H,22,23). The molecule has 0 bridgehead atoms. The fourth-order valence-corrected chi connectivity index (χ4v) is 1.98. The summed E-state index contributed by atoms with van der Waals surface area (Å²) in [7, 11) is 0. The molecule has 0 saturated carbocycles. The van der Waals surface area contributed by atoms with E-state index in [0.29, 0.717) is 12.4 Å². The average molecular weight is 340 g/mol. The average Bonchev–Trinajstić information content (AvgIpc) is 2.63. The van der Waals surface area contributed by atoms with Crippen molar-refractivity contribution in [3.63, 3.8) is 0 Å². The second-order valence-electron chi connectivity index (χ2n) is 5.67. The van der Waals surface area contributed by atoms with Crippen LogP contribution in [0, 0.1) is 6.92 Å². The van der Waals surface area contributed by atoms with Crippen molar-refractivity contribution in [3.8, 4) is 11.5 Å². The molecule has 2 aromatic rings.